The fourth-order valence-electron chi connectivity index (χ4n) is 2.62. The summed E-state index contributed by atoms with van der Waals surface area (Å²) in [6.07, 6.45) is -0.835. The van der Waals surface area contributed by atoms with Crippen LogP contribution < -0.4 is 9.47 Å². The van der Waals surface area contributed by atoms with E-state index in [9.17, 15) is 9.90 Å². The number of benzene rings is 2. The SMILES string of the molecule is CCOC(=O)Oc1cc2c(Br)c(Oc3ccc(O)c(C(C)C)c3)c(Br)cc2o1. The number of carbonyl (C=O) groups excluding carboxylic acids is 1. The van der Waals surface area contributed by atoms with Gasteiger partial charge in [0.25, 0.3) is 5.95 Å². The summed E-state index contributed by atoms with van der Waals surface area (Å²) in [5, 5.41) is 10.7. The van der Waals surface area contributed by atoms with E-state index in [-0.39, 0.29) is 24.2 Å². The van der Waals surface area contributed by atoms with Crippen molar-refractivity contribution in [3.8, 4) is 23.2 Å². The topological polar surface area (TPSA) is 78.1 Å². The van der Waals surface area contributed by atoms with Crippen LogP contribution in [0, 0.1) is 0 Å². The van der Waals surface area contributed by atoms with Crippen LogP contribution in [0.2, 0.25) is 0 Å². The van der Waals surface area contributed by atoms with Crippen LogP contribution in [-0.2, 0) is 4.74 Å². The van der Waals surface area contributed by atoms with Crippen LogP contribution in [-0.4, -0.2) is 17.9 Å². The normalized spacial score (nSPS) is 11.1. The van der Waals surface area contributed by atoms with Crippen molar-refractivity contribution in [1.29, 1.82) is 0 Å². The molecule has 8 heteroatoms. The molecule has 0 unspecified atom stereocenters. The Hall–Kier alpha value is -2.19. The molecular weight excluding hydrogens is 496 g/mol. The van der Waals surface area contributed by atoms with Crippen LogP contribution >= 0.6 is 31.9 Å². The van der Waals surface area contributed by atoms with E-state index >= 15 is 0 Å². The molecule has 2 aromatic carbocycles. The molecule has 6 nitrogen and oxygen atoms in total. The van der Waals surface area contributed by atoms with Gasteiger partial charge in [0.1, 0.15) is 17.1 Å². The largest absolute Gasteiger partial charge is 0.516 e. The molecule has 0 amide bonds. The van der Waals surface area contributed by atoms with Gasteiger partial charge in [0.2, 0.25) is 0 Å². The molecule has 0 aliphatic carbocycles. The summed E-state index contributed by atoms with van der Waals surface area (Å²) in [4.78, 5) is 11.5. The molecule has 0 saturated heterocycles. The second-order valence-electron chi connectivity index (χ2n) is 6.24. The average molecular weight is 514 g/mol. The first-order valence-corrected chi connectivity index (χ1v) is 10.2. The average Bonchev–Trinajstić information content (AvgIpc) is 3.02. The Kier molecular flexibility index (Phi) is 6.20. The molecule has 3 rings (SSSR count). The third kappa shape index (κ3) is 4.28. The van der Waals surface area contributed by atoms with Crippen molar-refractivity contribution in [2.24, 2.45) is 0 Å². The first-order valence-electron chi connectivity index (χ1n) is 8.57. The highest BCUT2D eigenvalue weighted by molar-refractivity contribution is 9.11. The van der Waals surface area contributed by atoms with Gasteiger partial charge >= 0.3 is 6.16 Å². The van der Waals surface area contributed by atoms with Crippen LogP contribution in [0.15, 0.2) is 43.7 Å². The third-order valence-electron chi connectivity index (χ3n) is 3.94. The van der Waals surface area contributed by atoms with Crippen LogP contribution in [0.3, 0.4) is 0 Å². The maximum absolute atomic E-state index is 11.5. The van der Waals surface area contributed by atoms with Crippen molar-refractivity contribution >= 4 is 49.0 Å². The maximum atomic E-state index is 11.5. The number of furan rings is 1. The molecule has 1 N–H and O–H groups in total. The number of hydrogen-bond acceptors (Lipinski definition) is 6. The van der Waals surface area contributed by atoms with Gasteiger partial charge in [0.05, 0.1) is 15.6 Å². The van der Waals surface area contributed by atoms with E-state index in [1.165, 1.54) is 0 Å². The van der Waals surface area contributed by atoms with E-state index < -0.39 is 6.16 Å². The Morgan fingerprint density at radius 1 is 1.21 bits per heavy atom. The Labute approximate surface area is 178 Å². The van der Waals surface area contributed by atoms with E-state index in [2.05, 4.69) is 31.9 Å². The zero-order valence-corrected chi connectivity index (χ0v) is 18.6. The van der Waals surface area contributed by atoms with Crippen LogP contribution in [0.1, 0.15) is 32.3 Å². The van der Waals surface area contributed by atoms with E-state index in [0.717, 1.165) is 5.56 Å². The Morgan fingerprint density at radius 2 is 1.96 bits per heavy atom. The van der Waals surface area contributed by atoms with Crippen LogP contribution in [0.4, 0.5) is 4.79 Å². The van der Waals surface area contributed by atoms with Crippen molar-refractivity contribution in [3.05, 3.63) is 44.8 Å². The van der Waals surface area contributed by atoms with Gasteiger partial charge in [-0.05, 0) is 69.0 Å². The lowest BCUT2D eigenvalue weighted by molar-refractivity contribution is 0.0957. The zero-order chi connectivity index (χ0) is 20.4. The van der Waals surface area contributed by atoms with E-state index in [1.807, 2.05) is 13.8 Å². The lowest BCUT2D eigenvalue weighted by Gasteiger charge is -2.14. The van der Waals surface area contributed by atoms with Gasteiger partial charge in [-0.3, -0.25) is 0 Å². The second kappa shape index (κ2) is 8.45. The minimum absolute atomic E-state index is 0.0185. The molecule has 0 fully saturated rings. The highest BCUT2D eigenvalue weighted by Crippen LogP contribution is 2.44. The first-order chi connectivity index (χ1) is 13.3. The summed E-state index contributed by atoms with van der Waals surface area (Å²) in [6, 6.07) is 8.39. The Morgan fingerprint density at radius 3 is 2.64 bits per heavy atom. The molecule has 0 aliphatic heterocycles. The van der Waals surface area contributed by atoms with Gasteiger partial charge in [0, 0.05) is 17.0 Å². The van der Waals surface area contributed by atoms with Gasteiger partial charge in [-0.2, -0.15) is 0 Å². The minimum Gasteiger partial charge on any atom is -0.508 e. The lowest BCUT2D eigenvalue weighted by atomic mass is 10.0. The number of aromatic hydroxyl groups is 1. The number of hydrogen-bond donors (Lipinski definition) is 1. The molecular formula is C20H18Br2O6. The van der Waals surface area contributed by atoms with Gasteiger partial charge in [0.15, 0.2) is 5.75 Å². The predicted molar refractivity (Wildman–Crippen MR) is 112 cm³/mol. The molecule has 148 valence electrons. The second-order valence-corrected chi connectivity index (χ2v) is 7.89. The van der Waals surface area contributed by atoms with Crippen molar-refractivity contribution in [2.75, 3.05) is 6.61 Å². The number of halogens is 2. The minimum atomic E-state index is -0.835. The third-order valence-corrected chi connectivity index (χ3v) is 5.31. The molecule has 0 radical (unpaired) electrons. The van der Waals surface area contributed by atoms with E-state index in [4.69, 9.17) is 18.6 Å². The smallest absolute Gasteiger partial charge is 0.508 e. The highest BCUT2D eigenvalue weighted by atomic mass is 79.9. The van der Waals surface area contributed by atoms with Crippen LogP contribution in [0.5, 0.6) is 23.2 Å². The van der Waals surface area contributed by atoms with Gasteiger partial charge < -0.3 is 23.7 Å². The molecule has 0 saturated carbocycles. The first kappa shape index (κ1) is 20.5. The maximum Gasteiger partial charge on any atom is 0.516 e. The van der Waals surface area contributed by atoms with E-state index in [0.29, 0.717) is 31.4 Å². The number of ether oxygens (including phenoxy) is 3. The molecule has 1 heterocycles. The number of phenolic OH excluding ortho intramolecular Hbond substituents is 1. The summed E-state index contributed by atoms with van der Waals surface area (Å²) in [5.41, 5.74) is 1.29. The molecule has 0 spiro atoms. The standard InChI is InChI=1S/C20H18Br2O6/c1-4-25-20(24)28-17-8-13-16(27-17)9-14(21)19(18(13)22)26-11-5-6-15(23)12(7-11)10(2)3/h5-10,23H,4H2,1-3H3. The monoisotopic (exact) mass is 512 g/mol. The van der Waals surface area contributed by atoms with Crippen LogP contribution in [0.25, 0.3) is 11.0 Å². The number of carbonyl (C=O) groups is 1. The van der Waals surface area contributed by atoms with Crippen molar-refractivity contribution in [3.63, 3.8) is 0 Å². The summed E-state index contributed by atoms with van der Waals surface area (Å²) >= 11 is 7.00. The van der Waals surface area contributed by atoms with Crippen molar-refractivity contribution < 1.29 is 28.5 Å². The molecule has 28 heavy (non-hydrogen) atoms. The summed E-state index contributed by atoms with van der Waals surface area (Å²) < 4.78 is 22.6. The number of rotatable bonds is 5. The molecule has 0 atom stereocenters. The molecule has 1 aromatic heterocycles. The van der Waals surface area contributed by atoms with Gasteiger partial charge in [-0.15, -0.1) is 0 Å². The molecule has 3 aromatic rings. The quantitative estimate of drug-likeness (QED) is 0.366. The number of phenols is 1. The summed E-state index contributed by atoms with van der Waals surface area (Å²) in [6.45, 7) is 5.88. The Balaban J connectivity index is 1.96. The highest BCUT2D eigenvalue weighted by Gasteiger charge is 2.19. The fourth-order valence-corrected chi connectivity index (χ4v) is 3.98. The molecule has 0 bridgehead atoms. The number of fused-ring (bicyclic) bond motifs is 1. The van der Waals surface area contributed by atoms with Crippen molar-refractivity contribution in [1.82, 2.24) is 0 Å². The van der Waals surface area contributed by atoms with E-state index in [1.54, 1.807) is 37.3 Å². The zero-order valence-electron chi connectivity index (χ0n) is 15.4. The molecule has 0 aliphatic rings. The summed E-state index contributed by atoms with van der Waals surface area (Å²) in [7, 11) is 0. The van der Waals surface area contributed by atoms with Gasteiger partial charge in [-0.1, -0.05) is 13.8 Å². The predicted octanol–water partition coefficient (Wildman–Crippen LogP) is 7.11. The fraction of sp³-hybridized carbons (Fsp3) is 0.250. The van der Waals surface area contributed by atoms with Gasteiger partial charge in [-0.25, -0.2) is 4.79 Å². The summed E-state index contributed by atoms with van der Waals surface area (Å²) in [5.74, 6) is 1.50. The Bertz CT molecular complexity index is 1030. The lowest BCUT2D eigenvalue weighted by Crippen LogP contribution is -2.09. The van der Waals surface area contributed by atoms with Crippen molar-refractivity contribution in [2.45, 2.75) is 26.7 Å².